The van der Waals surface area contributed by atoms with Gasteiger partial charge in [-0.3, -0.25) is 4.79 Å². The van der Waals surface area contributed by atoms with Gasteiger partial charge in [0.15, 0.2) is 0 Å². The van der Waals surface area contributed by atoms with Gasteiger partial charge >= 0.3 is 0 Å². The van der Waals surface area contributed by atoms with Gasteiger partial charge in [-0.25, -0.2) is 4.39 Å². The van der Waals surface area contributed by atoms with Crippen LogP contribution in [0, 0.1) is 17.1 Å². The lowest BCUT2D eigenvalue weighted by molar-refractivity contribution is -0.113. The number of nitriles is 1. The van der Waals surface area contributed by atoms with Crippen LogP contribution in [0.4, 0.5) is 10.1 Å². The summed E-state index contributed by atoms with van der Waals surface area (Å²) in [6.07, 6.45) is 3.01. The zero-order valence-corrected chi connectivity index (χ0v) is 11.8. The molecular weight excluding hydrogens is 311 g/mol. The monoisotopic (exact) mass is 322 g/mol. The van der Waals surface area contributed by atoms with Crippen molar-refractivity contribution in [1.29, 1.82) is 5.26 Å². The van der Waals surface area contributed by atoms with Crippen LogP contribution in [0.15, 0.2) is 33.8 Å². The van der Waals surface area contributed by atoms with Crippen LogP contribution >= 0.6 is 15.9 Å². The number of anilines is 1. The Hall–Kier alpha value is -1.67. The topological polar surface area (TPSA) is 52.9 Å². The lowest BCUT2D eigenvalue weighted by Crippen LogP contribution is -2.18. The predicted octanol–water partition coefficient (Wildman–Crippen LogP) is 3.92. The van der Waals surface area contributed by atoms with Gasteiger partial charge in [-0.2, -0.15) is 5.26 Å². The quantitative estimate of drug-likeness (QED) is 0.897. The van der Waals surface area contributed by atoms with Crippen molar-refractivity contribution >= 4 is 27.5 Å². The number of benzene rings is 1. The molecule has 1 aromatic carbocycles. The van der Waals surface area contributed by atoms with Crippen molar-refractivity contribution in [3.8, 4) is 6.07 Å². The van der Waals surface area contributed by atoms with Crippen molar-refractivity contribution < 1.29 is 9.18 Å². The standard InChI is InChI=1S/C14H12BrFN2O/c15-10-5-6-13(12(16)7-10)18-14(19)11-4-2-1-3-9(11)8-17/h5-7H,1-4H2,(H,18,19). The molecule has 0 radical (unpaired) electrons. The fourth-order valence-electron chi connectivity index (χ4n) is 2.07. The van der Waals surface area contributed by atoms with Crippen molar-refractivity contribution in [3.63, 3.8) is 0 Å². The van der Waals surface area contributed by atoms with E-state index in [1.165, 1.54) is 12.1 Å². The van der Waals surface area contributed by atoms with Gasteiger partial charge in [-0.1, -0.05) is 15.9 Å². The molecule has 0 saturated heterocycles. The summed E-state index contributed by atoms with van der Waals surface area (Å²) < 4.78 is 14.2. The number of amides is 1. The molecule has 0 saturated carbocycles. The maximum absolute atomic E-state index is 13.6. The van der Waals surface area contributed by atoms with Gasteiger partial charge in [0.2, 0.25) is 0 Å². The molecule has 0 bridgehead atoms. The van der Waals surface area contributed by atoms with Gasteiger partial charge in [-0.15, -0.1) is 0 Å². The van der Waals surface area contributed by atoms with Crippen LogP contribution in [0.2, 0.25) is 0 Å². The van der Waals surface area contributed by atoms with Crippen molar-refractivity contribution in [2.45, 2.75) is 25.7 Å². The number of carbonyl (C=O) groups excluding carboxylic acids is 1. The Balaban J connectivity index is 2.21. The lowest BCUT2D eigenvalue weighted by Gasteiger charge is -2.15. The summed E-state index contributed by atoms with van der Waals surface area (Å²) in [5.74, 6) is -0.880. The molecular formula is C14H12BrFN2O. The molecule has 3 nitrogen and oxygen atoms in total. The van der Waals surface area contributed by atoms with Crippen LogP contribution in [0.25, 0.3) is 0 Å². The van der Waals surface area contributed by atoms with Gasteiger partial charge in [-0.05, 0) is 43.9 Å². The number of hydrogen-bond donors (Lipinski definition) is 1. The van der Waals surface area contributed by atoms with Gasteiger partial charge in [0.25, 0.3) is 5.91 Å². The highest BCUT2D eigenvalue weighted by Crippen LogP contribution is 2.26. The molecule has 2 rings (SSSR count). The van der Waals surface area contributed by atoms with E-state index in [4.69, 9.17) is 5.26 Å². The number of carbonyl (C=O) groups is 1. The molecule has 0 aliphatic heterocycles. The number of rotatable bonds is 2. The van der Waals surface area contributed by atoms with Crippen LogP contribution in [0.1, 0.15) is 25.7 Å². The van der Waals surface area contributed by atoms with Crippen LogP contribution in [-0.2, 0) is 4.79 Å². The SMILES string of the molecule is N#CC1=C(C(=O)Nc2ccc(Br)cc2F)CCCC1. The first-order chi connectivity index (χ1) is 9.11. The van der Waals surface area contributed by atoms with Crippen molar-refractivity contribution in [3.05, 3.63) is 39.6 Å². The van der Waals surface area contributed by atoms with Gasteiger partial charge in [0, 0.05) is 15.6 Å². The first-order valence-corrected chi connectivity index (χ1v) is 6.79. The van der Waals surface area contributed by atoms with Crippen LogP contribution in [0.3, 0.4) is 0 Å². The normalized spacial score (nSPS) is 15.0. The smallest absolute Gasteiger partial charge is 0.252 e. The van der Waals surface area contributed by atoms with Gasteiger partial charge in [0.05, 0.1) is 11.8 Å². The Labute approximate surface area is 119 Å². The number of nitrogens with one attached hydrogen (secondary N) is 1. The fourth-order valence-corrected chi connectivity index (χ4v) is 2.40. The minimum Gasteiger partial charge on any atom is -0.320 e. The Morgan fingerprint density at radius 2 is 2.11 bits per heavy atom. The molecule has 98 valence electrons. The van der Waals surface area contributed by atoms with Crippen LogP contribution < -0.4 is 5.32 Å². The highest BCUT2D eigenvalue weighted by Gasteiger charge is 2.19. The molecule has 5 heteroatoms. The average molecular weight is 323 g/mol. The lowest BCUT2D eigenvalue weighted by atomic mass is 9.92. The fraction of sp³-hybridized carbons (Fsp3) is 0.286. The van der Waals surface area contributed by atoms with E-state index in [9.17, 15) is 9.18 Å². The van der Waals surface area contributed by atoms with E-state index < -0.39 is 5.82 Å². The summed E-state index contributed by atoms with van der Waals surface area (Å²) >= 11 is 3.15. The summed E-state index contributed by atoms with van der Waals surface area (Å²) in [5, 5.41) is 11.5. The van der Waals surface area contributed by atoms with E-state index in [0.29, 0.717) is 28.5 Å². The third kappa shape index (κ3) is 3.21. The Bertz CT molecular complexity index is 590. The Kier molecular flexibility index (Phi) is 4.33. The minimum absolute atomic E-state index is 0.128. The maximum Gasteiger partial charge on any atom is 0.252 e. The highest BCUT2D eigenvalue weighted by molar-refractivity contribution is 9.10. The molecule has 0 unspecified atom stereocenters. The highest BCUT2D eigenvalue weighted by atomic mass is 79.9. The summed E-state index contributed by atoms with van der Waals surface area (Å²) in [6.45, 7) is 0. The molecule has 0 fully saturated rings. The van der Waals surface area contributed by atoms with Crippen LogP contribution in [0.5, 0.6) is 0 Å². The van der Waals surface area contributed by atoms with Crippen LogP contribution in [-0.4, -0.2) is 5.91 Å². The molecule has 0 atom stereocenters. The second-order valence-electron chi connectivity index (χ2n) is 4.35. The van der Waals surface area contributed by atoms with Crippen molar-refractivity contribution in [1.82, 2.24) is 0 Å². The zero-order valence-electron chi connectivity index (χ0n) is 10.2. The molecule has 0 heterocycles. The number of halogens is 2. The molecule has 0 aromatic heterocycles. The van der Waals surface area contributed by atoms with E-state index in [0.717, 1.165) is 12.8 Å². The average Bonchev–Trinajstić information content (AvgIpc) is 2.41. The van der Waals surface area contributed by atoms with E-state index >= 15 is 0 Å². The van der Waals surface area contributed by atoms with Gasteiger partial charge < -0.3 is 5.32 Å². The summed E-state index contributed by atoms with van der Waals surface area (Å²) in [7, 11) is 0. The molecule has 19 heavy (non-hydrogen) atoms. The number of nitrogens with zero attached hydrogens (tertiary/aromatic N) is 1. The molecule has 1 aliphatic carbocycles. The first-order valence-electron chi connectivity index (χ1n) is 6.00. The maximum atomic E-state index is 13.6. The summed E-state index contributed by atoms with van der Waals surface area (Å²) in [6, 6.07) is 6.49. The van der Waals surface area contributed by atoms with Crippen molar-refractivity contribution in [2.75, 3.05) is 5.32 Å². The summed E-state index contributed by atoms with van der Waals surface area (Å²) in [4.78, 5) is 12.1. The number of hydrogen-bond acceptors (Lipinski definition) is 2. The largest absolute Gasteiger partial charge is 0.320 e. The molecule has 1 aliphatic rings. The molecule has 1 N–H and O–H groups in total. The van der Waals surface area contributed by atoms with E-state index in [1.807, 2.05) is 0 Å². The third-order valence-corrected chi connectivity index (χ3v) is 3.55. The van der Waals surface area contributed by atoms with E-state index in [1.54, 1.807) is 6.07 Å². The van der Waals surface area contributed by atoms with E-state index in [2.05, 4.69) is 27.3 Å². The minimum atomic E-state index is -0.502. The molecule has 1 amide bonds. The molecule has 0 spiro atoms. The predicted molar refractivity (Wildman–Crippen MR) is 73.8 cm³/mol. The number of allylic oxidation sites excluding steroid dienone is 1. The molecule has 1 aromatic rings. The van der Waals surface area contributed by atoms with Gasteiger partial charge in [0.1, 0.15) is 5.82 Å². The Morgan fingerprint density at radius 1 is 1.37 bits per heavy atom. The summed E-state index contributed by atoms with van der Waals surface area (Å²) in [5.41, 5.74) is 1.13. The van der Waals surface area contributed by atoms with Crippen molar-refractivity contribution in [2.24, 2.45) is 0 Å². The third-order valence-electron chi connectivity index (χ3n) is 3.06. The first kappa shape index (κ1) is 13.8. The zero-order chi connectivity index (χ0) is 13.8. The second-order valence-corrected chi connectivity index (χ2v) is 5.27. The second kappa shape index (κ2) is 5.98. The Morgan fingerprint density at radius 3 is 2.79 bits per heavy atom. The van der Waals surface area contributed by atoms with E-state index in [-0.39, 0.29) is 11.6 Å².